The van der Waals surface area contributed by atoms with E-state index in [0.29, 0.717) is 5.69 Å². The lowest BCUT2D eigenvalue weighted by molar-refractivity contribution is 0.0697. The van der Waals surface area contributed by atoms with E-state index in [0.717, 1.165) is 0 Å². The third kappa shape index (κ3) is 3.48. The second-order valence-electron chi connectivity index (χ2n) is 4.02. The molecule has 0 aliphatic carbocycles. The Morgan fingerprint density at radius 3 is 2.55 bits per heavy atom. The van der Waals surface area contributed by atoms with Crippen LogP contribution in [0.3, 0.4) is 0 Å². The Kier molecular flexibility index (Phi) is 3.90. The molecule has 2 aromatic rings. The molecule has 0 aliphatic heterocycles. The minimum atomic E-state index is -1.12. The maximum atomic E-state index is 11.7. The molecule has 1 heterocycles. The Labute approximate surface area is 119 Å². The SMILES string of the molecule is Cn1cc(NC(=O)Nc2cc(Cl)cc(C(=O)O)c2)cn1. The molecule has 2 rings (SSSR count). The number of carbonyl (C=O) groups is 2. The van der Waals surface area contributed by atoms with E-state index in [1.807, 2.05) is 0 Å². The maximum Gasteiger partial charge on any atom is 0.335 e. The topological polar surface area (TPSA) is 96.2 Å². The average molecular weight is 295 g/mol. The van der Waals surface area contributed by atoms with Gasteiger partial charge in [0.1, 0.15) is 0 Å². The molecular formula is C12H11ClN4O3. The van der Waals surface area contributed by atoms with Crippen LogP contribution in [0.25, 0.3) is 0 Å². The van der Waals surface area contributed by atoms with Gasteiger partial charge in [0.15, 0.2) is 0 Å². The van der Waals surface area contributed by atoms with Gasteiger partial charge >= 0.3 is 12.0 Å². The van der Waals surface area contributed by atoms with E-state index in [2.05, 4.69) is 15.7 Å². The zero-order valence-electron chi connectivity index (χ0n) is 10.4. The highest BCUT2D eigenvalue weighted by Crippen LogP contribution is 2.19. The van der Waals surface area contributed by atoms with Crippen molar-refractivity contribution in [1.29, 1.82) is 0 Å². The van der Waals surface area contributed by atoms with E-state index in [-0.39, 0.29) is 16.3 Å². The van der Waals surface area contributed by atoms with Gasteiger partial charge in [0.2, 0.25) is 0 Å². The van der Waals surface area contributed by atoms with Crippen molar-refractivity contribution in [2.45, 2.75) is 0 Å². The minimum Gasteiger partial charge on any atom is -0.478 e. The second kappa shape index (κ2) is 5.62. The first-order valence-corrected chi connectivity index (χ1v) is 5.92. The molecule has 1 aromatic heterocycles. The smallest absolute Gasteiger partial charge is 0.335 e. The van der Waals surface area contributed by atoms with Crippen LogP contribution in [-0.2, 0) is 7.05 Å². The number of aromatic nitrogens is 2. The molecular weight excluding hydrogens is 284 g/mol. The minimum absolute atomic E-state index is 0.00539. The van der Waals surface area contributed by atoms with Gasteiger partial charge in [-0.1, -0.05) is 11.6 Å². The Morgan fingerprint density at radius 2 is 1.95 bits per heavy atom. The number of halogens is 1. The summed E-state index contributed by atoms with van der Waals surface area (Å²) in [6, 6.07) is 3.55. The van der Waals surface area contributed by atoms with Crippen LogP contribution in [0.2, 0.25) is 5.02 Å². The Hall–Kier alpha value is -2.54. The summed E-state index contributed by atoms with van der Waals surface area (Å²) in [4.78, 5) is 22.6. The summed E-state index contributed by atoms with van der Waals surface area (Å²) in [5, 5.41) is 18.1. The number of aromatic carboxylic acids is 1. The van der Waals surface area contributed by atoms with Crippen molar-refractivity contribution in [1.82, 2.24) is 9.78 Å². The van der Waals surface area contributed by atoms with E-state index in [1.54, 1.807) is 13.2 Å². The summed E-state index contributed by atoms with van der Waals surface area (Å²) in [6.45, 7) is 0. The highest BCUT2D eigenvalue weighted by Gasteiger charge is 2.09. The van der Waals surface area contributed by atoms with E-state index in [4.69, 9.17) is 16.7 Å². The number of aryl methyl sites for hydroxylation is 1. The average Bonchev–Trinajstić information content (AvgIpc) is 2.73. The van der Waals surface area contributed by atoms with Crippen molar-refractivity contribution in [2.24, 2.45) is 7.05 Å². The summed E-state index contributed by atoms with van der Waals surface area (Å²) < 4.78 is 1.54. The zero-order valence-corrected chi connectivity index (χ0v) is 11.2. The van der Waals surface area contributed by atoms with Gasteiger partial charge in [0.25, 0.3) is 0 Å². The first-order chi connectivity index (χ1) is 9.44. The van der Waals surface area contributed by atoms with Gasteiger partial charge in [0.05, 0.1) is 17.4 Å². The van der Waals surface area contributed by atoms with Crippen molar-refractivity contribution >= 4 is 35.0 Å². The predicted molar refractivity (Wildman–Crippen MR) is 74.3 cm³/mol. The summed E-state index contributed by atoms with van der Waals surface area (Å²) in [5.74, 6) is -1.12. The fourth-order valence-electron chi connectivity index (χ4n) is 1.56. The van der Waals surface area contributed by atoms with Gasteiger partial charge in [-0.2, -0.15) is 5.10 Å². The third-order valence-electron chi connectivity index (χ3n) is 2.37. The lowest BCUT2D eigenvalue weighted by Gasteiger charge is -2.07. The summed E-state index contributed by atoms with van der Waals surface area (Å²) in [5.41, 5.74) is 0.802. The number of hydrogen-bond acceptors (Lipinski definition) is 3. The van der Waals surface area contributed by atoms with Crippen LogP contribution in [0, 0.1) is 0 Å². The molecule has 7 nitrogen and oxygen atoms in total. The van der Waals surface area contributed by atoms with Gasteiger partial charge in [0, 0.05) is 24.0 Å². The number of urea groups is 1. The molecule has 104 valence electrons. The predicted octanol–water partition coefficient (Wildman–Crippen LogP) is 2.42. The van der Waals surface area contributed by atoms with Crippen molar-refractivity contribution in [3.63, 3.8) is 0 Å². The highest BCUT2D eigenvalue weighted by molar-refractivity contribution is 6.31. The molecule has 8 heteroatoms. The van der Waals surface area contributed by atoms with E-state index in [1.165, 1.54) is 29.1 Å². The molecule has 0 fully saturated rings. The van der Waals surface area contributed by atoms with E-state index >= 15 is 0 Å². The first kappa shape index (κ1) is 13.9. The highest BCUT2D eigenvalue weighted by atomic mass is 35.5. The molecule has 0 aliphatic rings. The zero-order chi connectivity index (χ0) is 14.7. The number of carboxylic acid groups (broad SMARTS) is 1. The monoisotopic (exact) mass is 294 g/mol. The molecule has 0 spiro atoms. The van der Waals surface area contributed by atoms with Gasteiger partial charge in [-0.15, -0.1) is 0 Å². The van der Waals surface area contributed by atoms with Crippen molar-refractivity contribution in [3.05, 3.63) is 41.2 Å². The normalized spacial score (nSPS) is 10.1. The summed E-state index contributed by atoms with van der Waals surface area (Å²) in [7, 11) is 1.72. The van der Waals surface area contributed by atoms with Gasteiger partial charge < -0.3 is 15.7 Å². The number of nitrogens with one attached hydrogen (secondary N) is 2. The molecule has 0 saturated heterocycles. The summed E-state index contributed by atoms with van der Waals surface area (Å²) >= 11 is 5.79. The number of benzene rings is 1. The van der Waals surface area contributed by atoms with Gasteiger partial charge in [-0.05, 0) is 18.2 Å². The molecule has 0 saturated carbocycles. The largest absolute Gasteiger partial charge is 0.478 e. The molecule has 0 bridgehead atoms. The number of rotatable bonds is 3. The second-order valence-corrected chi connectivity index (χ2v) is 4.45. The fraction of sp³-hybridized carbons (Fsp3) is 0.0833. The number of hydrogen-bond donors (Lipinski definition) is 3. The van der Waals surface area contributed by atoms with E-state index in [9.17, 15) is 9.59 Å². The molecule has 20 heavy (non-hydrogen) atoms. The van der Waals surface area contributed by atoms with Crippen LogP contribution < -0.4 is 10.6 Å². The Morgan fingerprint density at radius 1 is 1.25 bits per heavy atom. The molecule has 0 unspecified atom stereocenters. The van der Waals surface area contributed by atoms with Crippen molar-refractivity contribution in [2.75, 3.05) is 10.6 Å². The Bertz CT molecular complexity index is 668. The molecule has 1 aromatic carbocycles. The molecule has 3 N–H and O–H groups in total. The molecule has 0 atom stereocenters. The van der Waals surface area contributed by atoms with Crippen molar-refractivity contribution in [3.8, 4) is 0 Å². The fourth-order valence-corrected chi connectivity index (χ4v) is 1.80. The number of carboxylic acids is 1. The number of anilines is 2. The summed E-state index contributed by atoms with van der Waals surface area (Å²) in [6.07, 6.45) is 3.11. The lowest BCUT2D eigenvalue weighted by Crippen LogP contribution is -2.19. The number of nitrogens with zero attached hydrogens (tertiary/aromatic N) is 2. The first-order valence-electron chi connectivity index (χ1n) is 5.54. The standard InChI is InChI=1S/C12H11ClN4O3/c1-17-6-10(5-14-17)16-12(20)15-9-3-7(11(18)19)2-8(13)4-9/h2-6H,1H3,(H,18,19)(H2,15,16,20). The van der Waals surface area contributed by atoms with Crippen LogP contribution in [0.1, 0.15) is 10.4 Å². The van der Waals surface area contributed by atoms with Gasteiger partial charge in [-0.3, -0.25) is 4.68 Å². The van der Waals surface area contributed by atoms with Crippen LogP contribution in [0.5, 0.6) is 0 Å². The van der Waals surface area contributed by atoms with Gasteiger partial charge in [-0.25, -0.2) is 9.59 Å². The van der Waals surface area contributed by atoms with Crippen LogP contribution >= 0.6 is 11.6 Å². The van der Waals surface area contributed by atoms with E-state index < -0.39 is 12.0 Å². The molecule has 0 radical (unpaired) electrons. The quantitative estimate of drug-likeness (QED) is 0.810. The van der Waals surface area contributed by atoms with Crippen molar-refractivity contribution < 1.29 is 14.7 Å². The Balaban J connectivity index is 2.09. The maximum absolute atomic E-state index is 11.7. The lowest BCUT2D eigenvalue weighted by atomic mass is 10.2. The van der Waals surface area contributed by atoms with Crippen LogP contribution in [0.15, 0.2) is 30.6 Å². The third-order valence-corrected chi connectivity index (χ3v) is 2.58. The van der Waals surface area contributed by atoms with Crippen LogP contribution in [0.4, 0.5) is 16.2 Å². The number of amides is 2. The van der Waals surface area contributed by atoms with Crippen LogP contribution in [-0.4, -0.2) is 26.9 Å². The molecule has 2 amide bonds. The number of carbonyl (C=O) groups excluding carboxylic acids is 1.